The summed E-state index contributed by atoms with van der Waals surface area (Å²) in [6.45, 7) is 6.05. The van der Waals surface area contributed by atoms with E-state index in [1.807, 2.05) is 29.2 Å². The van der Waals surface area contributed by atoms with Crippen LogP contribution in [0.15, 0.2) is 82.6 Å². The zero-order chi connectivity index (χ0) is 25.2. The van der Waals surface area contributed by atoms with Crippen LogP contribution >= 0.6 is 11.8 Å². The molecule has 7 heteroatoms. The molecule has 0 spiro atoms. The van der Waals surface area contributed by atoms with Crippen LogP contribution < -0.4 is 9.80 Å². The standard InChI is InChI=1S/C29H28FN3O2S/c1-20-8-7-10-23(16-20)32-15-14-31(18-21(32)2)28(34)19-33-25-12-5-6-13-26(25)36-27(29(33)35)17-22-9-3-4-11-24(22)30/h3-13,16-17,21H,14-15,18-19H2,1-2H3/b27-17-/t21-/m1/s1. The maximum Gasteiger partial charge on any atom is 0.265 e. The van der Waals surface area contributed by atoms with E-state index in [0.29, 0.717) is 29.2 Å². The molecule has 3 aromatic rings. The summed E-state index contributed by atoms with van der Waals surface area (Å²) in [5, 5.41) is 0. The first-order chi connectivity index (χ1) is 17.4. The van der Waals surface area contributed by atoms with E-state index in [0.717, 1.165) is 17.1 Å². The third-order valence-corrected chi connectivity index (χ3v) is 7.71. The fraction of sp³-hybridized carbons (Fsp3) is 0.241. The van der Waals surface area contributed by atoms with Crippen molar-refractivity contribution in [2.75, 3.05) is 36.0 Å². The topological polar surface area (TPSA) is 43.9 Å². The summed E-state index contributed by atoms with van der Waals surface area (Å²) in [5.74, 6) is -0.770. The molecule has 2 aliphatic heterocycles. The van der Waals surface area contributed by atoms with E-state index in [1.165, 1.54) is 28.3 Å². The molecule has 36 heavy (non-hydrogen) atoms. The first kappa shape index (κ1) is 24.1. The summed E-state index contributed by atoms with van der Waals surface area (Å²) < 4.78 is 14.3. The van der Waals surface area contributed by atoms with Crippen LogP contribution in [0.25, 0.3) is 6.08 Å². The van der Waals surface area contributed by atoms with Gasteiger partial charge in [0.1, 0.15) is 12.4 Å². The molecule has 0 saturated carbocycles. The highest BCUT2D eigenvalue weighted by atomic mass is 32.2. The summed E-state index contributed by atoms with van der Waals surface area (Å²) >= 11 is 1.31. The highest BCUT2D eigenvalue weighted by Crippen LogP contribution is 2.42. The third-order valence-electron chi connectivity index (χ3n) is 6.63. The molecular formula is C29H28FN3O2S. The molecule has 184 valence electrons. The van der Waals surface area contributed by atoms with Crippen LogP contribution in [0.5, 0.6) is 0 Å². The Kier molecular flexibility index (Phi) is 6.83. The number of carbonyl (C=O) groups is 2. The lowest BCUT2D eigenvalue weighted by atomic mass is 10.1. The van der Waals surface area contributed by atoms with E-state index in [2.05, 4.69) is 43.0 Å². The van der Waals surface area contributed by atoms with E-state index in [1.54, 1.807) is 24.3 Å². The Bertz CT molecular complexity index is 1340. The molecule has 0 aromatic heterocycles. The van der Waals surface area contributed by atoms with E-state index in [9.17, 15) is 14.0 Å². The van der Waals surface area contributed by atoms with E-state index < -0.39 is 0 Å². The lowest BCUT2D eigenvalue weighted by Gasteiger charge is -2.42. The highest BCUT2D eigenvalue weighted by molar-refractivity contribution is 8.04. The lowest BCUT2D eigenvalue weighted by Crippen LogP contribution is -2.56. The average Bonchev–Trinajstić information content (AvgIpc) is 2.87. The molecule has 2 amide bonds. The molecular weight excluding hydrogens is 473 g/mol. The smallest absolute Gasteiger partial charge is 0.265 e. The van der Waals surface area contributed by atoms with Crippen LogP contribution in [0.3, 0.4) is 0 Å². The zero-order valence-electron chi connectivity index (χ0n) is 20.4. The van der Waals surface area contributed by atoms with Crippen molar-refractivity contribution in [3.05, 3.63) is 94.6 Å². The Balaban J connectivity index is 1.35. The largest absolute Gasteiger partial charge is 0.365 e. The summed E-state index contributed by atoms with van der Waals surface area (Å²) in [4.78, 5) is 33.9. The fourth-order valence-corrected chi connectivity index (χ4v) is 5.81. The van der Waals surface area contributed by atoms with Crippen LogP contribution in [-0.2, 0) is 9.59 Å². The molecule has 3 aromatic carbocycles. The van der Waals surface area contributed by atoms with E-state index in [-0.39, 0.29) is 30.2 Å². The number of thioether (sulfide) groups is 1. The van der Waals surface area contributed by atoms with Gasteiger partial charge in [-0.15, -0.1) is 0 Å². The molecule has 0 unspecified atom stereocenters. The molecule has 0 aliphatic carbocycles. The van der Waals surface area contributed by atoms with Gasteiger partial charge in [0.15, 0.2) is 0 Å². The van der Waals surface area contributed by atoms with Gasteiger partial charge in [-0.3, -0.25) is 14.5 Å². The summed E-state index contributed by atoms with van der Waals surface area (Å²) in [6.07, 6.45) is 1.57. The molecule has 2 heterocycles. The molecule has 1 atom stereocenters. The minimum absolute atomic E-state index is 0.0534. The molecule has 2 aliphatic rings. The minimum Gasteiger partial charge on any atom is -0.365 e. The number of aryl methyl sites for hydroxylation is 1. The first-order valence-electron chi connectivity index (χ1n) is 12.1. The second-order valence-corrected chi connectivity index (χ2v) is 10.3. The first-order valence-corrected chi connectivity index (χ1v) is 12.9. The van der Waals surface area contributed by atoms with E-state index >= 15 is 0 Å². The van der Waals surface area contributed by atoms with Crippen LogP contribution in [0.1, 0.15) is 18.1 Å². The van der Waals surface area contributed by atoms with Crippen LogP contribution in [0.4, 0.5) is 15.8 Å². The summed E-state index contributed by atoms with van der Waals surface area (Å²) in [5.41, 5.74) is 3.42. The Morgan fingerprint density at radius 2 is 1.83 bits per heavy atom. The van der Waals surface area contributed by atoms with Crippen molar-refractivity contribution in [2.45, 2.75) is 24.8 Å². The van der Waals surface area contributed by atoms with Gasteiger partial charge in [-0.2, -0.15) is 0 Å². The number of fused-ring (bicyclic) bond motifs is 1. The van der Waals surface area contributed by atoms with Gasteiger partial charge in [0, 0.05) is 41.8 Å². The monoisotopic (exact) mass is 501 g/mol. The van der Waals surface area contributed by atoms with Gasteiger partial charge in [0.05, 0.1) is 10.6 Å². The van der Waals surface area contributed by atoms with Gasteiger partial charge >= 0.3 is 0 Å². The average molecular weight is 502 g/mol. The normalized spacial score (nSPS) is 19.0. The molecule has 0 radical (unpaired) electrons. The maximum atomic E-state index is 14.3. The van der Waals surface area contributed by atoms with Crippen molar-refractivity contribution >= 4 is 41.0 Å². The summed E-state index contributed by atoms with van der Waals surface area (Å²) in [6, 6.07) is 22.4. The number of hydrogen-bond acceptors (Lipinski definition) is 4. The second-order valence-electron chi connectivity index (χ2n) is 9.21. The number of hydrogen-bond donors (Lipinski definition) is 0. The molecule has 1 saturated heterocycles. The van der Waals surface area contributed by atoms with Crippen molar-refractivity contribution < 1.29 is 14.0 Å². The van der Waals surface area contributed by atoms with Gasteiger partial charge in [0.2, 0.25) is 5.91 Å². The van der Waals surface area contributed by atoms with Crippen molar-refractivity contribution in [1.29, 1.82) is 0 Å². The van der Waals surface area contributed by atoms with Crippen molar-refractivity contribution in [3.63, 3.8) is 0 Å². The molecule has 0 N–H and O–H groups in total. The molecule has 5 rings (SSSR count). The maximum absolute atomic E-state index is 14.3. The summed E-state index contributed by atoms with van der Waals surface area (Å²) in [7, 11) is 0. The Hall–Kier alpha value is -3.58. The van der Waals surface area contributed by atoms with Crippen molar-refractivity contribution in [1.82, 2.24) is 4.90 Å². The van der Waals surface area contributed by atoms with E-state index in [4.69, 9.17) is 0 Å². The van der Waals surface area contributed by atoms with Gasteiger partial charge in [0.25, 0.3) is 5.91 Å². The quantitative estimate of drug-likeness (QED) is 0.452. The van der Waals surface area contributed by atoms with Gasteiger partial charge in [-0.1, -0.05) is 54.2 Å². The van der Waals surface area contributed by atoms with Gasteiger partial charge < -0.3 is 9.80 Å². The Morgan fingerprint density at radius 1 is 1.06 bits per heavy atom. The minimum atomic E-state index is -0.389. The number of nitrogens with zero attached hydrogens (tertiary/aromatic N) is 3. The number of para-hydroxylation sites is 1. The predicted octanol–water partition coefficient (Wildman–Crippen LogP) is 5.35. The van der Waals surface area contributed by atoms with Crippen LogP contribution in [0, 0.1) is 12.7 Å². The number of carbonyl (C=O) groups excluding carboxylic acids is 2. The zero-order valence-corrected chi connectivity index (χ0v) is 21.2. The molecule has 1 fully saturated rings. The van der Waals surface area contributed by atoms with Crippen LogP contribution in [-0.4, -0.2) is 48.9 Å². The lowest BCUT2D eigenvalue weighted by molar-refractivity contribution is -0.131. The number of halogens is 1. The number of rotatable bonds is 4. The fourth-order valence-electron chi connectivity index (χ4n) is 4.76. The Labute approximate surface area is 215 Å². The molecule has 0 bridgehead atoms. The second kappa shape index (κ2) is 10.2. The van der Waals surface area contributed by atoms with Gasteiger partial charge in [-0.25, -0.2) is 4.39 Å². The molecule has 5 nitrogen and oxygen atoms in total. The van der Waals surface area contributed by atoms with Crippen molar-refractivity contribution in [3.8, 4) is 0 Å². The predicted molar refractivity (Wildman–Crippen MR) is 144 cm³/mol. The number of piperazine rings is 1. The third kappa shape index (κ3) is 4.88. The Morgan fingerprint density at radius 3 is 2.61 bits per heavy atom. The number of benzene rings is 3. The van der Waals surface area contributed by atoms with Crippen molar-refractivity contribution in [2.24, 2.45) is 0 Å². The SMILES string of the molecule is Cc1cccc(N2CCN(C(=O)CN3C(=O)/C(=C/c4ccccc4F)Sc4ccccc43)C[C@H]2C)c1. The number of amides is 2. The number of anilines is 2. The highest BCUT2D eigenvalue weighted by Gasteiger charge is 2.33. The van der Waals surface area contributed by atoms with Crippen LogP contribution in [0.2, 0.25) is 0 Å². The van der Waals surface area contributed by atoms with Gasteiger partial charge in [-0.05, 0) is 55.8 Å².